The second kappa shape index (κ2) is 10.7. The molecule has 10 heteroatoms. The van der Waals surface area contributed by atoms with Gasteiger partial charge in [0.1, 0.15) is 24.2 Å². The summed E-state index contributed by atoms with van der Waals surface area (Å²) >= 11 is 0. The quantitative estimate of drug-likeness (QED) is 0.334. The monoisotopic (exact) mass is 474 g/mol. The predicted octanol–water partition coefficient (Wildman–Crippen LogP) is 3.49. The van der Waals surface area contributed by atoms with Gasteiger partial charge in [-0.2, -0.15) is 0 Å². The molecule has 0 aliphatic rings. The average Bonchev–Trinajstić information content (AvgIpc) is 2.89. The van der Waals surface area contributed by atoms with Crippen LogP contribution in [-0.2, 0) is 4.74 Å². The summed E-state index contributed by atoms with van der Waals surface area (Å²) in [5, 5.41) is 0.905. The molecule has 10 nitrogen and oxygen atoms in total. The van der Waals surface area contributed by atoms with E-state index in [4.69, 9.17) is 14.2 Å². The summed E-state index contributed by atoms with van der Waals surface area (Å²) < 4.78 is 16.3. The fourth-order valence-corrected chi connectivity index (χ4v) is 3.44. The average molecular weight is 475 g/mol. The van der Waals surface area contributed by atoms with E-state index < -0.39 is 5.97 Å². The number of likely N-dealkylation sites (N-methyl/N-ethyl adjacent to an activating group) is 1. The van der Waals surface area contributed by atoms with Crippen LogP contribution in [0.15, 0.2) is 49.2 Å². The number of carbonyl (C=O) groups excluding carboxylic acids is 1. The Morgan fingerprint density at radius 1 is 1.00 bits per heavy atom. The molecule has 0 saturated heterocycles. The van der Waals surface area contributed by atoms with Gasteiger partial charge in [0, 0.05) is 48.3 Å². The summed E-state index contributed by atoms with van der Waals surface area (Å²) in [6, 6.07) is 7.74. The summed E-state index contributed by atoms with van der Waals surface area (Å²) in [6.07, 6.45) is 6.20. The van der Waals surface area contributed by atoms with Crippen LogP contribution in [0.2, 0.25) is 0 Å². The number of rotatable bonds is 9. The molecule has 0 aliphatic carbocycles. The van der Waals surface area contributed by atoms with Gasteiger partial charge < -0.3 is 19.1 Å². The minimum atomic E-state index is -0.443. The highest BCUT2D eigenvalue weighted by atomic mass is 16.5. The zero-order chi connectivity index (χ0) is 24.8. The standard InChI is InChI=1S/C25H26N6O4/c1-5-34-24(32)19-13-27-25(28-14-19)31(3)8-9-35-21-11-18(17-6-7-22(33-4)26-12-17)10-20-16(2)29-15-30-23(20)21/h6-7,10-15H,5,8-9H2,1-4H3. The van der Waals surface area contributed by atoms with Crippen molar-refractivity contribution in [3.8, 4) is 22.8 Å². The minimum absolute atomic E-state index is 0.299. The summed E-state index contributed by atoms with van der Waals surface area (Å²) in [6.45, 7) is 4.86. The van der Waals surface area contributed by atoms with Crippen LogP contribution in [-0.4, -0.2) is 64.8 Å². The number of aryl methyl sites for hydroxylation is 1. The lowest BCUT2D eigenvalue weighted by Gasteiger charge is -2.18. The lowest BCUT2D eigenvalue weighted by Crippen LogP contribution is -2.25. The number of anilines is 1. The molecule has 180 valence electrons. The molecule has 4 aromatic rings. The Morgan fingerprint density at radius 2 is 1.80 bits per heavy atom. The highest BCUT2D eigenvalue weighted by Crippen LogP contribution is 2.32. The van der Waals surface area contributed by atoms with E-state index in [2.05, 4.69) is 24.9 Å². The first kappa shape index (κ1) is 23.8. The SMILES string of the molecule is CCOC(=O)c1cnc(N(C)CCOc2cc(-c3ccc(OC)nc3)cc3c(C)ncnc23)nc1. The largest absolute Gasteiger partial charge is 0.489 e. The number of esters is 1. The Hall–Kier alpha value is -4.34. The van der Waals surface area contributed by atoms with Gasteiger partial charge in [0.05, 0.1) is 25.8 Å². The Labute approximate surface area is 203 Å². The predicted molar refractivity (Wildman–Crippen MR) is 131 cm³/mol. The first-order valence-corrected chi connectivity index (χ1v) is 11.1. The first-order chi connectivity index (χ1) is 17.0. The van der Waals surface area contributed by atoms with Crippen LogP contribution in [0.1, 0.15) is 23.0 Å². The van der Waals surface area contributed by atoms with E-state index in [-0.39, 0.29) is 0 Å². The van der Waals surface area contributed by atoms with Gasteiger partial charge >= 0.3 is 5.97 Å². The van der Waals surface area contributed by atoms with Crippen LogP contribution in [0, 0.1) is 6.92 Å². The van der Waals surface area contributed by atoms with Crippen LogP contribution in [0.3, 0.4) is 0 Å². The normalized spacial score (nSPS) is 10.7. The smallest absolute Gasteiger partial charge is 0.341 e. The van der Waals surface area contributed by atoms with E-state index in [1.807, 2.05) is 43.1 Å². The lowest BCUT2D eigenvalue weighted by atomic mass is 10.0. The van der Waals surface area contributed by atoms with Gasteiger partial charge in [-0.25, -0.2) is 29.7 Å². The number of aromatic nitrogens is 5. The second-order valence-electron chi connectivity index (χ2n) is 7.68. The number of fused-ring (bicyclic) bond motifs is 1. The van der Waals surface area contributed by atoms with Crippen molar-refractivity contribution >= 4 is 22.8 Å². The van der Waals surface area contributed by atoms with Gasteiger partial charge in [-0.3, -0.25) is 0 Å². The van der Waals surface area contributed by atoms with Crippen molar-refractivity contribution in [2.75, 3.05) is 38.8 Å². The number of hydrogen-bond donors (Lipinski definition) is 0. The van der Waals surface area contributed by atoms with Crippen molar-refractivity contribution in [1.29, 1.82) is 0 Å². The maximum atomic E-state index is 11.8. The Balaban J connectivity index is 1.51. The fraction of sp³-hybridized carbons (Fsp3) is 0.280. The van der Waals surface area contributed by atoms with Gasteiger partial charge in [-0.15, -0.1) is 0 Å². The van der Waals surface area contributed by atoms with Crippen LogP contribution in [0.5, 0.6) is 11.6 Å². The molecule has 0 unspecified atom stereocenters. The Bertz CT molecular complexity index is 1310. The maximum Gasteiger partial charge on any atom is 0.341 e. The number of nitrogens with zero attached hydrogens (tertiary/aromatic N) is 6. The molecule has 3 aromatic heterocycles. The molecule has 0 fully saturated rings. The van der Waals surface area contributed by atoms with E-state index in [0.29, 0.717) is 42.9 Å². The fourth-order valence-electron chi connectivity index (χ4n) is 3.44. The van der Waals surface area contributed by atoms with Gasteiger partial charge in [0.2, 0.25) is 11.8 Å². The van der Waals surface area contributed by atoms with Gasteiger partial charge in [0.15, 0.2) is 0 Å². The third-order valence-corrected chi connectivity index (χ3v) is 5.36. The van der Waals surface area contributed by atoms with Crippen LogP contribution < -0.4 is 14.4 Å². The maximum absolute atomic E-state index is 11.8. The summed E-state index contributed by atoms with van der Waals surface area (Å²) in [4.78, 5) is 35.2. The third-order valence-electron chi connectivity index (χ3n) is 5.36. The van der Waals surface area contributed by atoms with E-state index in [1.165, 1.54) is 18.7 Å². The molecule has 3 heterocycles. The number of carbonyl (C=O) groups is 1. The van der Waals surface area contributed by atoms with Gasteiger partial charge in [-0.1, -0.05) is 0 Å². The molecule has 0 spiro atoms. The first-order valence-electron chi connectivity index (χ1n) is 11.1. The second-order valence-corrected chi connectivity index (χ2v) is 7.68. The molecule has 35 heavy (non-hydrogen) atoms. The highest BCUT2D eigenvalue weighted by molar-refractivity contribution is 5.91. The summed E-state index contributed by atoms with van der Waals surface area (Å²) in [7, 11) is 3.44. The zero-order valence-corrected chi connectivity index (χ0v) is 20.1. The summed E-state index contributed by atoms with van der Waals surface area (Å²) in [5.74, 6) is 1.22. The minimum Gasteiger partial charge on any atom is -0.489 e. The number of ether oxygens (including phenoxy) is 3. The van der Waals surface area contributed by atoms with E-state index in [1.54, 1.807) is 20.2 Å². The molecular weight excluding hydrogens is 448 g/mol. The van der Waals surface area contributed by atoms with Crippen molar-refractivity contribution in [2.45, 2.75) is 13.8 Å². The highest BCUT2D eigenvalue weighted by Gasteiger charge is 2.13. The zero-order valence-electron chi connectivity index (χ0n) is 20.1. The third kappa shape index (κ3) is 5.43. The number of methoxy groups -OCH3 is 1. The molecule has 0 radical (unpaired) electrons. The van der Waals surface area contributed by atoms with Crippen molar-refractivity contribution in [1.82, 2.24) is 24.9 Å². The van der Waals surface area contributed by atoms with Crippen LogP contribution in [0.25, 0.3) is 22.0 Å². The number of hydrogen-bond acceptors (Lipinski definition) is 10. The number of benzene rings is 1. The molecule has 1 aromatic carbocycles. The summed E-state index contributed by atoms with van der Waals surface area (Å²) in [5.41, 5.74) is 3.77. The Kier molecular flexibility index (Phi) is 7.30. The molecule has 0 aliphatic heterocycles. The van der Waals surface area contributed by atoms with Gasteiger partial charge in [-0.05, 0) is 37.6 Å². The molecular formula is C25H26N6O4. The van der Waals surface area contributed by atoms with Crippen molar-refractivity contribution in [3.63, 3.8) is 0 Å². The Morgan fingerprint density at radius 3 is 2.49 bits per heavy atom. The molecule has 0 atom stereocenters. The van der Waals surface area contributed by atoms with E-state index in [9.17, 15) is 4.79 Å². The van der Waals surface area contributed by atoms with Gasteiger partial charge in [0.25, 0.3) is 0 Å². The lowest BCUT2D eigenvalue weighted by molar-refractivity contribution is 0.0525. The molecule has 0 amide bonds. The van der Waals surface area contributed by atoms with Crippen LogP contribution in [0.4, 0.5) is 5.95 Å². The van der Waals surface area contributed by atoms with Crippen molar-refractivity contribution < 1.29 is 19.0 Å². The molecule has 0 saturated carbocycles. The van der Waals surface area contributed by atoms with Crippen molar-refractivity contribution in [2.24, 2.45) is 0 Å². The topological polar surface area (TPSA) is 112 Å². The number of pyridine rings is 1. The van der Waals surface area contributed by atoms with E-state index in [0.717, 1.165) is 27.7 Å². The van der Waals surface area contributed by atoms with Crippen molar-refractivity contribution in [3.05, 3.63) is 60.4 Å². The van der Waals surface area contributed by atoms with E-state index >= 15 is 0 Å². The molecule has 4 rings (SSSR count). The molecule has 0 bridgehead atoms. The molecule has 0 N–H and O–H groups in total. The van der Waals surface area contributed by atoms with Crippen LogP contribution >= 0.6 is 0 Å².